The molecule has 5 nitrogen and oxygen atoms in total. The van der Waals surface area contributed by atoms with Crippen LogP contribution in [0.5, 0.6) is 0 Å². The second kappa shape index (κ2) is 5.14. The zero-order valence-electron chi connectivity index (χ0n) is 11.4. The molecule has 0 aliphatic carbocycles. The van der Waals surface area contributed by atoms with E-state index in [9.17, 15) is 4.79 Å². The van der Waals surface area contributed by atoms with Gasteiger partial charge in [-0.1, -0.05) is 12.1 Å². The fraction of sp³-hybridized carbons (Fsp3) is 0.286. The summed E-state index contributed by atoms with van der Waals surface area (Å²) in [5.41, 5.74) is 9.34. The van der Waals surface area contributed by atoms with Crippen molar-refractivity contribution in [1.29, 1.82) is 0 Å². The standard InChI is InChI=1S/C14H18N4O/c1-4-18-8-11(15)13(17-18)14(19)16-12-7-9(2)5-6-10(12)3/h5-8H,4,15H2,1-3H3,(H,16,19). The number of anilines is 2. The van der Waals surface area contributed by atoms with E-state index in [0.717, 1.165) is 16.8 Å². The molecule has 0 saturated heterocycles. The lowest BCUT2D eigenvalue weighted by molar-refractivity contribution is 0.102. The number of carbonyl (C=O) groups excluding carboxylic acids is 1. The van der Waals surface area contributed by atoms with Crippen LogP contribution in [-0.2, 0) is 6.54 Å². The Bertz CT molecular complexity index is 616. The van der Waals surface area contributed by atoms with Crippen molar-refractivity contribution in [3.8, 4) is 0 Å². The summed E-state index contributed by atoms with van der Waals surface area (Å²) in [6, 6.07) is 5.91. The van der Waals surface area contributed by atoms with Gasteiger partial charge in [0.2, 0.25) is 0 Å². The Morgan fingerprint density at radius 3 is 2.79 bits per heavy atom. The summed E-state index contributed by atoms with van der Waals surface area (Å²) in [6.07, 6.45) is 1.66. The molecule has 3 N–H and O–H groups in total. The zero-order chi connectivity index (χ0) is 14.0. The van der Waals surface area contributed by atoms with Gasteiger partial charge in [-0.15, -0.1) is 0 Å². The van der Waals surface area contributed by atoms with Gasteiger partial charge in [-0.3, -0.25) is 9.48 Å². The molecule has 1 heterocycles. The van der Waals surface area contributed by atoms with E-state index in [0.29, 0.717) is 12.2 Å². The molecule has 0 saturated carbocycles. The number of nitrogen functional groups attached to an aromatic ring is 1. The molecule has 1 aromatic carbocycles. The second-order valence-corrected chi connectivity index (χ2v) is 4.56. The number of rotatable bonds is 3. The van der Waals surface area contributed by atoms with E-state index < -0.39 is 0 Å². The molecule has 0 bridgehead atoms. The number of benzene rings is 1. The SMILES string of the molecule is CCn1cc(N)c(C(=O)Nc2cc(C)ccc2C)n1. The summed E-state index contributed by atoms with van der Waals surface area (Å²) in [5.74, 6) is -0.279. The largest absolute Gasteiger partial charge is 0.396 e. The van der Waals surface area contributed by atoms with Crippen LogP contribution in [0, 0.1) is 13.8 Å². The number of nitrogens with zero attached hydrogens (tertiary/aromatic N) is 2. The minimum Gasteiger partial charge on any atom is -0.396 e. The van der Waals surface area contributed by atoms with Gasteiger partial charge >= 0.3 is 0 Å². The molecule has 0 fully saturated rings. The first-order valence-electron chi connectivity index (χ1n) is 6.22. The van der Waals surface area contributed by atoms with E-state index >= 15 is 0 Å². The van der Waals surface area contributed by atoms with Gasteiger partial charge in [-0.05, 0) is 38.0 Å². The molecule has 0 aliphatic heterocycles. The first-order valence-corrected chi connectivity index (χ1v) is 6.22. The van der Waals surface area contributed by atoms with Crippen LogP contribution < -0.4 is 11.1 Å². The van der Waals surface area contributed by atoms with Crippen molar-refractivity contribution in [3.63, 3.8) is 0 Å². The Kier molecular flexibility index (Phi) is 3.55. The fourth-order valence-electron chi connectivity index (χ4n) is 1.83. The first kappa shape index (κ1) is 13.1. The minimum atomic E-state index is -0.279. The van der Waals surface area contributed by atoms with Crippen molar-refractivity contribution in [2.45, 2.75) is 27.3 Å². The molecular weight excluding hydrogens is 240 g/mol. The Morgan fingerprint density at radius 2 is 2.16 bits per heavy atom. The summed E-state index contributed by atoms with van der Waals surface area (Å²) >= 11 is 0. The fourth-order valence-corrected chi connectivity index (χ4v) is 1.83. The van der Waals surface area contributed by atoms with Crippen LogP contribution in [0.1, 0.15) is 28.5 Å². The summed E-state index contributed by atoms with van der Waals surface area (Å²) in [7, 11) is 0. The third-order valence-electron chi connectivity index (χ3n) is 2.97. The Morgan fingerprint density at radius 1 is 1.42 bits per heavy atom. The van der Waals surface area contributed by atoms with Crippen molar-refractivity contribution in [3.05, 3.63) is 41.2 Å². The highest BCUT2D eigenvalue weighted by Crippen LogP contribution is 2.18. The molecule has 0 unspecified atom stereocenters. The van der Waals surface area contributed by atoms with Crippen LogP contribution >= 0.6 is 0 Å². The second-order valence-electron chi connectivity index (χ2n) is 4.56. The lowest BCUT2D eigenvalue weighted by Crippen LogP contribution is -2.15. The van der Waals surface area contributed by atoms with Crippen molar-refractivity contribution < 1.29 is 4.79 Å². The number of aromatic nitrogens is 2. The molecule has 100 valence electrons. The van der Waals surface area contributed by atoms with E-state index in [1.807, 2.05) is 39.0 Å². The van der Waals surface area contributed by atoms with Gasteiger partial charge in [-0.25, -0.2) is 0 Å². The third kappa shape index (κ3) is 2.76. The molecule has 0 atom stereocenters. The molecule has 0 radical (unpaired) electrons. The smallest absolute Gasteiger partial charge is 0.278 e. The van der Waals surface area contributed by atoms with Crippen LogP contribution in [-0.4, -0.2) is 15.7 Å². The number of nitrogens with two attached hydrogens (primary N) is 1. The maximum Gasteiger partial charge on any atom is 0.278 e. The van der Waals surface area contributed by atoms with Gasteiger partial charge in [0.25, 0.3) is 5.91 Å². The van der Waals surface area contributed by atoms with Gasteiger partial charge in [0, 0.05) is 18.4 Å². The molecule has 1 amide bonds. The molecule has 2 aromatic rings. The highest BCUT2D eigenvalue weighted by Gasteiger charge is 2.15. The van der Waals surface area contributed by atoms with E-state index in [1.165, 1.54) is 0 Å². The molecule has 1 aromatic heterocycles. The third-order valence-corrected chi connectivity index (χ3v) is 2.97. The van der Waals surface area contributed by atoms with Crippen molar-refractivity contribution in [2.75, 3.05) is 11.1 Å². The lowest BCUT2D eigenvalue weighted by atomic mass is 10.1. The van der Waals surface area contributed by atoms with E-state index in [2.05, 4.69) is 10.4 Å². The normalized spacial score (nSPS) is 10.5. The summed E-state index contributed by atoms with van der Waals surface area (Å²) < 4.78 is 1.65. The van der Waals surface area contributed by atoms with Crippen LogP contribution in [0.15, 0.2) is 24.4 Å². The Hall–Kier alpha value is -2.30. The van der Waals surface area contributed by atoms with Gasteiger partial charge in [0.15, 0.2) is 5.69 Å². The first-order chi connectivity index (χ1) is 9.01. The van der Waals surface area contributed by atoms with E-state index in [1.54, 1.807) is 10.9 Å². The van der Waals surface area contributed by atoms with Gasteiger partial charge in [-0.2, -0.15) is 5.10 Å². The van der Waals surface area contributed by atoms with Crippen LogP contribution in [0.25, 0.3) is 0 Å². The average molecular weight is 258 g/mol. The van der Waals surface area contributed by atoms with Crippen molar-refractivity contribution >= 4 is 17.3 Å². The molecule has 0 spiro atoms. The van der Waals surface area contributed by atoms with Gasteiger partial charge < -0.3 is 11.1 Å². The summed E-state index contributed by atoms with van der Waals surface area (Å²) in [5, 5.41) is 7.01. The maximum atomic E-state index is 12.2. The predicted molar refractivity (Wildman–Crippen MR) is 76.2 cm³/mol. The molecule has 2 rings (SSSR count). The molecule has 5 heteroatoms. The Labute approximate surface area is 112 Å². The summed E-state index contributed by atoms with van der Waals surface area (Å²) in [4.78, 5) is 12.2. The predicted octanol–water partition coefficient (Wildman–Crippen LogP) is 2.35. The van der Waals surface area contributed by atoms with E-state index in [4.69, 9.17) is 5.73 Å². The quantitative estimate of drug-likeness (QED) is 0.887. The number of nitrogens with one attached hydrogen (secondary N) is 1. The number of aryl methyl sites for hydroxylation is 3. The Balaban J connectivity index is 2.25. The number of carbonyl (C=O) groups is 1. The van der Waals surface area contributed by atoms with Gasteiger partial charge in [0.05, 0.1) is 5.69 Å². The van der Waals surface area contributed by atoms with Crippen molar-refractivity contribution in [1.82, 2.24) is 9.78 Å². The molecule has 19 heavy (non-hydrogen) atoms. The highest BCUT2D eigenvalue weighted by molar-refractivity contribution is 6.06. The van der Waals surface area contributed by atoms with Crippen LogP contribution in [0.3, 0.4) is 0 Å². The monoisotopic (exact) mass is 258 g/mol. The number of hydrogen-bond acceptors (Lipinski definition) is 3. The number of amides is 1. The lowest BCUT2D eigenvalue weighted by Gasteiger charge is -2.08. The van der Waals surface area contributed by atoms with E-state index in [-0.39, 0.29) is 11.6 Å². The maximum absolute atomic E-state index is 12.2. The van der Waals surface area contributed by atoms with Crippen LogP contribution in [0.2, 0.25) is 0 Å². The summed E-state index contributed by atoms with van der Waals surface area (Å²) in [6.45, 7) is 6.55. The minimum absolute atomic E-state index is 0.266. The topological polar surface area (TPSA) is 72.9 Å². The van der Waals surface area contributed by atoms with Crippen LogP contribution in [0.4, 0.5) is 11.4 Å². The molecule has 0 aliphatic rings. The molecular formula is C14H18N4O. The average Bonchev–Trinajstić information content (AvgIpc) is 2.75. The number of hydrogen-bond donors (Lipinski definition) is 2. The van der Waals surface area contributed by atoms with Crippen molar-refractivity contribution in [2.24, 2.45) is 0 Å². The van der Waals surface area contributed by atoms with Gasteiger partial charge in [0.1, 0.15) is 0 Å². The zero-order valence-corrected chi connectivity index (χ0v) is 11.4. The highest BCUT2D eigenvalue weighted by atomic mass is 16.2.